The van der Waals surface area contributed by atoms with Crippen molar-refractivity contribution in [2.45, 2.75) is 10.5 Å². The van der Waals surface area contributed by atoms with Crippen molar-refractivity contribution in [1.29, 1.82) is 0 Å². The van der Waals surface area contributed by atoms with Crippen LogP contribution in [-0.2, 0) is 0 Å². The highest BCUT2D eigenvalue weighted by Crippen LogP contribution is 2.21. The third-order valence-electron chi connectivity index (χ3n) is 2.46. The lowest BCUT2D eigenvalue weighted by atomic mass is 10.5. The van der Waals surface area contributed by atoms with Gasteiger partial charge in [-0.05, 0) is 0 Å². The van der Waals surface area contributed by atoms with Crippen LogP contribution in [0.3, 0.4) is 0 Å². The number of amidine groups is 2. The van der Waals surface area contributed by atoms with Crippen LogP contribution in [0.2, 0.25) is 0 Å². The molecule has 102 valence electrons. The maximum atomic E-state index is 4.45. The van der Waals surface area contributed by atoms with Gasteiger partial charge in [0.25, 0.3) is 0 Å². The number of hydrogen-bond donors (Lipinski definition) is 2. The molecule has 4 nitrogen and oxygen atoms in total. The summed E-state index contributed by atoms with van der Waals surface area (Å²) < 4.78 is 0. The molecule has 0 aromatic rings. The number of alkyl halides is 2. The number of nitrogens with zero attached hydrogens (tertiary/aromatic N) is 2. The summed E-state index contributed by atoms with van der Waals surface area (Å²) in [5.74, 6) is 0. The first-order valence-electron chi connectivity index (χ1n) is 5.83. The van der Waals surface area contributed by atoms with E-state index in [1.165, 1.54) is 0 Å². The number of rotatable bonds is 5. The number of aliphatic imine (C=N–C) groups is 2. The fraction of sp³-hybridized carbons (Fsp3) is 0.800. The van der Waals surface area contributed by atoms with Crippen LogP contribution in [0.5, 0.6) is 0 Å². The molecule has 0 radical (unpaired) electrons. The molecule has 0 saturated carbocycles. The van der Waals surface area contributed by atoms with Crippen LogP contribution in [0.25, 0.3) is 0 Å². The van der Waals surface area contributed by atoms with Gasteiger partial charge in [-0.3, -0.25) is 9.98 Å². The van der Waals surface area contributed by atoms with Crippen molar-refractivity contribution in [3.63, 3.8) is 0 Å². The van der Waals surface area contributed by atoms with Gasteiger partial charge in [-0.25, -0.2) is 0 Å². The average molecular weight is 416 g/mol. The first-order chi connectivity index (χ1) is 8.81. The van der Waals surface area contributed by atoms with Crippen LogP contribution in [0.1, 0.15) is 0 Å². The van der Waals surface area contributed by atoms with Gasteiger partial charge in [0, 0.05) is 34.2 Å². The molecule has 18 heavy (non-hydrogen) atoms. The van der Waals surface area contributed by atoms with Crippen LogP contribution < -0.4 is 10.6 Å². The zero-order chi connectivity index (χ0) is 12.8. The first-order valence-corrected chi connectivity index (χ1v) is 9.84. The Labute approximate surface area is 133 Å². The maximum Gasteiger partial charge on any atom is 0.157 e. The molecular weight excluding hydrogens is 400 g/mol. The molecule has 0 aromatic carbocycles. The fourth-order valence-corrected chi connectivity index (χ4v) is 4.46. The van der Waals surface area contributed by atoms with Crippen LogP contribution in [0.4, 0.5) is 0 Å². The molecule has 0 amide bonds. The van der Waals surface area contributed by atoms with Gasteiger partial charge in [0.1, 0.15) is 0 Å². The highest BCUT2D eigenvalue weighted by atomic mass is 79.9. The summed E-state index contributed by atoms with van der Waals surface area (Å²) in [6, 6.07) is 0. The minimum atomic E-state index is 0.593. The summed E-state index contributed by atoms with van der Waals surface area (Å²) in [6.07, 6.45) is 0. The van der Waals surface area contributed by atoms with Crippen molar-refractivity contribution >= 4 is 65.7 Å². The van der Waals surface area contributed by atoms with Crippen molar-refractivity contribution in [1.82, 2.24) is 10.6 Å². The van der Waals surface area contributed by atoms with Crippen LogP contribution in [0.15, 0.2) is 9.98 Å². The second-order valence-corrected chi connectivity index (χ2v) is 7.81. The third kappa shape index (κ3) is 4.61. The van der Waals surface area contributed by atoms with E-state index in [-0.39, 0.29) is 0 Å². The molecule has 8 heteroatoms. The van der Waals surface area contributed by atoms with Crippen molar-refractivity contribution < 1.29 is 0 Å². The lowest BCUT2D eigenvalue weighted by molar-refractivity contribution is 0.819. The van der Waals surface area contributed by atoms with Gasteiger partial charge in [-0.15, -0.1) is 0 Å². The van der Waals surface area contributed by atoms with E-state index in [2.05, 4.69) is 52.5 Å². The maximum absolute atomic E-state index is 4.45. The summed E-state index contributed by atoms with van der Waals surface area (Å²) in [5.41, 5.74) is 0. The third-order valence-corrected chi connectivity index (χ3v) is 7.17. The Morgan fingerprint density at radius 2 is 1.39 bits per heavy atom. The molecule has 0 bridgehead atoms. The van der Waals surface area contributed by atoms with E-state index in [1.54, 1.807) is 0 Å². The smallest absolute Gasteiger partial charge is 0.157 e. The number of hydrogen-bond acceptors (Lipinski definition) is 6. The second kappa shape index (κ2) is 8.01. The molecular formula is C10H16Br2N4S2. The molecule has 2 aliphatic rings. The fourth-order valence-electron chi connectivity index (χ4n) is 1.53. The molecule has 2 unspecified atom stereocenters. The quantitative estimate of drug-likeness (QED) is 0.531. The minimum absolute atomic E-state index is 0.593. The summed E-state index contributed by atoms with van der Waals surface area (Å²) in [4.78, 5) is 8.90. The highest BCUT2D eigenvalue weighted by molar-refractivity contribution is 9.09. The Balaban J connectivity index is 1.55. The van der Waals surface area contributed by atoms with Gasteiger partial charge < -0.3 is 10.6 Å². The molecule has 2 rings (SSSR count). The van der Waals surface area contributed by atoms with Crippen LogP contribution in [-0.4, -0.2) is 57.7 Å². The highest BCUT2D eigenvalue weighted by Gasteiger charge is 2.19. The molecule has 2 N–H and O–H groups in total. The van der Waals surface area contributed by atoms with Gasteiger partial charge in [-0.2, -0.15) is 0 Å². The van der Waals surface area contributed by atoms with Gasteiger partial charge in [0.2, 0.25) is 0 Å². The van der Waals surface area contributed by atoms with Gasteiger partial charge in [0.15, 0.2) is 10.3 Å². The molecule has 2 heterocycles. The lowest BCUT2D eigenvalue weighted by Gasteiger charge is -2.09. The van der Waals surface area contributed by atoms with Crippen molar-refractivity contribution in [2.24, 2.45) is 9.98 Å². The summed E-state index contributed by atoms with van der Waals surface area (Å²) >= 11 is 10.6. The summed E-state index contributed by atoms with van der Waals surface area (Å²) in [5, 5.41) is 12.0. The van der Waals surface area contributed by atoms with E-state index in [0.29, 0.717) is 10.5 Å². The van der Waals surface area contributed by atoms with Crippen molar-refractivity contribution in [3.8, 4) is 0 Å². The number of halogens is 2. The number of nitrogens with one attached hydrogen (secondary N) is 2. The largest absolute Gasteiger partial charge is 0.363 e. The molecule has 0 spiro atoms. The van der Waals surface area contributed by atoms with E-state index in [0.717, 1.165) is 47.2 Å². The van der Waals surface area contributed by atoms with Gasteiger partial charge in [0.05, 0.1) is 13.1 Å². The van der Waals surface area contributed by atoms with E-state index in [1.807, 2.05) is 23.5 Å². The molecule has 0 aromatic heterocycles. The summed E-state index contributed by atoms with van der Waals surface area (Å²) in [6.45, 7) is 3.61. The average Bonchev–Trinajstić information content (AvgIpc) is 3.03. The zero-order valence-electron chi connectivity index (χ0n) is 9.86. The Morgan fingerprint density at radius 1 is 0.944 bits per heavy atom. The van der Waals surface area contributed by atoms with Crippen LogP contribution >= 0.6 is 55.4 Å². The standard InChI is InChI=1S/C10H16Br2N4S2/c11-3-7-5-15-9(17-7)13-1-2-14-10-16-6-8(4-12)18-10/h7-8H,1-6H2,(H,13,15)(H,14,16). The second-order valence-electron chi connectivity index (χ2n) is 3.93. The van der Waals surface area contributed by atoms with Crippen LogP contribution in [0, 0.1) is 0 Å². The Kier molecular flexibility index (Phi) is 6.68. The predicted octanol–water partition coefficient (Wildman–Crippen LogP) is 1.90. The van der Waals surface area contributed by atoms with Gasteiger partial charge >= 0.3 is 0 Å². The Hall–Kier alpha value is 0.600. The predicted molar refractivity (Wildman–Crippen MR) is 91.0 cm³/mol. The minimum Gasteiger partial charge on any atom is -0.363 e. The van der Waals surface area contributed by atoms with E-state index >= 15 is 0 Å². The summed E-state index contributed by atoms with van der Waals surface area (Å²) in [7, 11) is 0. The van der Waals surface area contributed by atoms with Gasteiger partial charge in [-0.1, -0.05) is 55.4 Å². The van der Waals surface area contributed by atoms with E-state index in [9.17, 15) is 0 Å². The normalized spacial score (nSPS) is 27.0. The molecule has 0 saturated heterocycles. The topological polar surface area (TPSA) is 48.8 Å². The van der Waals surface area contributed by atoms with Crippen molar-refractivity contribution in [2.75, 3.05) is 36.8 Å². The molecule has 2 aliphatic heterocycles. The van der Waals surface area contributed by atoms with E-state index < -0.39 is 0 Å². The zero-order valence-corrected chi connectivity index (χ0v) is 14.7. The van der Waals surface area contributed by atoms with E-state index in [4.69, 9.17) is 0 Å². The first kappa shape index (κ1) is 15.0. The number of thioether (sulfide) groups is 2. The Bertz CT molecular complexity index is 306. The lowest BCUT2D eigenvalue weighted by Crippen LogP contribution is -2.32. The van der Waals surface area contributed by atoms with Crippen molar-refractivity contribution in [3.05, 3.63) is 0 Å². The Morgan fingerprint density at radius 3 is 1.72 bits per heavy atom. The molecule has 2 atom stereocenters. The molecule has 0 fully saturated rings. The monoisotopic (exact) mass is 414 g/mol. The molecule has 0 aliphatic carbocycles. The SMILES string of the molecule is BrCC1CN=C(NCCNC2=NCC(CBr)S2)S1.